The molecule has 0 radical (unpaired) electrons. The van der Waals surface area contributed by atoms with Crippen molar-refractivity contribution in [2.45, 2.75) is 52.0 Å². The maximum Gasteiger partial charge on any atom is 0.0121 e. The average Bonchev–Trinajstić information content (AvgIpc) is 2.99. The zero-order valence-corrected chi connectivity index (χ0v) is 10.3. The molecule has 0 aromatic heterocycles. The van der Waals surface area contributed by atoms with Crippen LogP contribution in [0, 0.1) is 11.3 Å². The summed E-state index contributed by atoms with van der Waals surface area (Å²) in [7, 11) is 0. The Bertz CT molecular complexity index is 203. The Balaban J connectivity index is 1.77. The molecule has 1 aliphatic carbocycles. The summed E-state index contributed by atoms with van der Waals surface area (Å²) in [6, 6.07) is 0.802. The first-order chi connectivity index (χ1) is 7.15. The van der Waals surface area contributed by atoms with Crippen LogP contribution in [0.5, 0.6) is 0 Å². The van der Waals surface area contributed by atoms with Crippen molar-refractivity contribution in [2.24, 2.45) is 17.1 Å². The quantitative estimate of drug-likeness (QED) is 0.771. The zero-order valence-electron chi connectivity index (χ0n) is 10.3. The van der Waals surface area contributed by atoms with Crippen LogP contribution in [-0.2, 0) is 0 Å². The normalized spacial score (nSPS) is 29.0. The van der Waals surface area contributed by atoms with E-state index in [-0.39, 0.29) is 0 Å². The number of likely N-dealkylation sites (tertiary alicyclic amines) is 1. The molecule has 1 heterocycles. The van der Waals surface area contributed by atoms with E-state index in [2.05, 4.69) is 18.7 Å². The van der Waals surface area contributed by atoms with Crippen LogP contribution in [0.15, 0.2) is 0 Å². The predicted octanol–water partition coefficient (Wildman–Crippen LogP) is 2.24. The van der Waals surface area contributed by atoms with E-state index in [1.54, 1.807) is 0 Å². The molecule has 1 atom stereocenters. The lowest BCUT2D eigenvalue weighted by molar-refractivity contribution is 0.0995. The Morgan fingerprint density at radius 1 is 1.33 bits per heavy atom. The SMILES string of the molecule is CC(N1CCC(CCN)CC1)C1(C)CC1. The fourth-order valence-electron chi connectivity index (χ4n) is 2.92. The third-order valence-corrected chi connectivity index (χ3v) is 4.82. The first-order valence-electron chi connectivity index (χ1n) is 6.60. The maximum atomic E-state index is 5.62. The minimum absolute atomic E-state index is 0.653. The Labute approximate surface area is 94.2 Å². The zero-order chi connectivity index (χ0) is 10.9. The van der Waals surface area contributed by atoms with Gasteiger partial charge in [0.25, 0.3) is 0 Å². The molecule has 0 aromatic rings. The van der Waals surface area contributed by atoms with E-state index in [0.717, 1.165) is 18.5 Å². The molecule has 0 bridgehead atoms. The van der Waals surface area contributed by atoms with Gasteiger partial charge in [-0.1, -0.05) is 6.92 Å². The number of nitrogens with zero attached hydrogens (tertiary/aromatic N) is 1. The molecule has 2 rings (SSSR count). The molecule has 0 aromatic carbocycles. The fourth-order valence-corrected chi connectivity index (χ4v) is 2.92. The average molecular weight is 210 g/mol. The van der Waals surface area contributed by atoms with Gasteiger partial charge in [0, 0.05) is 6.04 Å². The largest absolute Gasteiger partial charge is 0.330 e. The molecule has 2 heteroatoms. The number of rotatable bonds is 4. The molecular formula is C13H26N2. The molecule has 1 saturated carbocycles. The van der Waals surface area contributed by atoms with E-state index in [1.807, 2.05) is 0 Å². The molecule has 0 amide bonds. The summed E-state index contributed by atoms with van der Waals surface area (Å²) in [6.07, 6.45) is 6.86. The summed E-state index contributed by atoms with van der Waals surface area (Å²) in [4.78, 5) is 2.71. The lowest BCUT2D eigenvalue weighted by Gasteiger charge is -2.38. The molecule has 15 heavy (non-hydrogen) atoms. The molecule has 1 unspecified atom stereocenters. The molecule has 2 N–H and O–H groups in total. The minimum Gasteiger partial charge on any atom is -0.330 e. The molecule has 88 valence electrons. The standard InChI is InChI=1S/C13H26N2/c1-11(13(2)6-7-13)15-9-4-12(3-8-14)5-10-15/h11-12H,3-10,14H2,1-2H3. The summed E-state index contributed by atoms with van der Waals surface area (Å²) < 4.78 is 0. The topological polar surface area (TPSA) is 29.3 Å². The Morgan fingerprint density at radius 3 is 2.40 bits per heavy atom. The van der Waals surface area contributed by atoms with Crippen molar-refractivity contribution in [2.75, 3.05) is 19.6 Å². The van der Waals surface area contributed by atoms with Gasteiger partial charge in [-0.15, -0.1) is 0 Å². The second kappa shape index (κ2) is 4.42. The van der Waals surface area contributed by atoms with Crippen LogP contribution in [0.4, 0.5) is 0 Å². The van der Waals surface area contributed by atoms with Gasteiger partial charge in [0.15, 0.2) is 0 Å². The van der Waals surface area contributed by atoms with Gasteiger partial charge in [0.05, 0.1) is 0 Å². The molecule has 2 aliphatic rings. The first-order valence-corrected chi connectivity index (χ1v) is 6.60. The van der Waals surface area contributed by atoms with Gasteiger partial charge in [-0.25, -0.2) is 0 Å². The van der Waals surface area contributed by atoms with Gasteiger partial charge < -0.3 is 10.6 Å². The summed E-state index contributed by atoms with van der Waals surface area (Å²) in [5, 5.41) is 0. The van der Waals surface area contributed by atoms with Crippen molar-refractivity contribution in [3.05, 3.63) is 0 Å². The highest BCUT2D eigenvalue weighted by atomic mass is 15.2. The molecule has 0 spiro atoms. The van der Waals surface area contributed by atoms with Crippen molar-refractivity contribution < 1.29 is 0 Å². The van der Waals surface area contributed by atoms with Gasteiger partial charge in [-0.05, 0) is 70.0 Å². The smallest absolute Gasteiger partial charge is 0.0121 e. The molecule has 2 nitrogen and oxygen atoms in total. The second-order valence-electron chi connectivity index (χ2n) is 5.89. The van der Waals surface area contributed by atoms with Crippen LogP contribution >= 0.6 is 0 Å². The van der Waals surface area contributed by atoms with Crippen molar-refractivity contribution in [1.82, 2.24) is 4.90 Å². The molecule has 1 aliphatic heterocycles. The fraction of sp³-hybridized carbons (Fsp3) is 1.00. The lowest BCUT2D eigenvalue weighted by atomic mass is 9.90. The van der Waals surface area contributed by atoms with Crippen LogP contribution in [0.1, 0.15) is 46.0 Å². The lowest BCUT2D eigenvalue weighted by Crippen LogP contribution is -2.43. The summed E-state index contributed by atoms with van der Waals surface area (Å²) >= 11 is 0. The van der Waals surface area contributed by atoms with Crippen LogP contribution in [-0.4, -0.2) is 30.6 Å². The number of hydrogen-bond donors (Lipinski definition) is 1. The third-order valence-electron chi connectivity index (χ3n) is 4.82. The van der Waals surface area contributed by atoms with Crippen LogP contribution < -0.4 is 5.73 Å². The highest BCUT2D eigenvalue weighted by molar-refractivity contribution is 4.98. The molecular weight excluding hydrogens is 184 g/mol. The van der Waals surface area contributed by atoms with Crippen LogP contribution in [0.2, 0.25) is 0 Å². The van der Waals surface area contributed by atoms with E-state index in [0.29, 0.717) is 5.41 Å². The van der Waals surface area contributed by atoms with E-state index in [9.17, 15) is 0 Å². The van der Waals surface area contributed by atoms with E-state index in [4.69, 9.17) is 5.73 Å². The number of piperidine rings is 1. The van der Waals surface area contributed by atoms with Gasteiger partial charge in [-0.3, -0.25) is 0 Å². The summed E-state index contributed by atoms with van der Waals surface area (Å²) in [5.41, 5.74) is 6.27. The van der Waals surface area contributed by atoms with E-state index < -0.39 is 0 Å². The van der Waals surface area contributed by atoms with Crippen molar-refractivity contribution in [3.63, 3.8) is 0 Å². The molecule has 1 saturated heterocycles. The maximum absolute atomic E-state index is 5.62. The van der Waals surface area contributed by atoms with Crippen molar-refractivity contribution in [1.29, 1.82) is 0 Å². The van der Waals surface area contributed by atoms with Crippen molar-refractivity contribution >= 4 is 0 Å². The van der Waals surface area contributed by atoms with Crippen LogP contribution in [0.3, 0.4) is 0 Å². The Hall–Kier alpha value is -0.0800. The van der Waals surface area contributed by atoms with Gasteiger partial charge >= 0.3 is 0 Å². The van der Waals surface area contributed by atoms with Crippen LogP contribution in [0.25, 0.3) is 0 Å². The minimum atomic E-state index is 0.653. The van der Waals surface area contributed by atoms with Gasteiger partial charge in [-0.2, -0.15) is 0 Å². The predicted molar refractivity (Wildman–Crippen MR) is 64.8 cm³/mol. The first kappa shape index (κ1) is 11.4. The summed E-state index contributed by atoms with van der Waals surface area (Å²) in [5.74, 6) is 0.908. The Morgan fingerprint density at radius 2 is 1.93 bits per heavy atom. The number of nitrogens with two attached hydrogens (primary N) is 1. The monoisotopic (exact) mass is 210 g/mol. The Kier molecular flexibility index (Phi) is 3.36. The van der Waals surface area contributed by atoms with Gasteiger partial charge in [0.2, 0.25) is 0 Å². The summed E-state index contributed by atoms with van der Waals surface area (Å²) in [6.45, 7) is 8.36. The van der Waals surface area contributed by atoms with E-state index in [1.165, 1.54) is 45.2 Å². The highest BCUT2D eigenvalue weighted by Gasteiger charge is 2.45. The number of hydrogen-bond acceptors (Lipinski definition) is 2. The second-order valence-corrected chi connectivity index (χ2v) is 5.89. The highest BCUT2D eigenvalue weighted by Crippen LogP contribution is 2.50. The van der Waals surface area contributed by atoms with Gasteiger partial charge in [0.1, 0.15) is 0 Å². The third kappa shape index (κ3) is 2.54. The van der Waals surface area contributed by atoms with E-state index >= 15 is 0 Å². The molecule has 2 fully saturated rings. The van der Waals surface area contributed by atoms with Crippen molar-refractivity contribution in [3.8, 4) is 0 Å².